The molecular formula is C12H15NO4. The normalized spacial score (nSPS) is 21.8. The van der Waals surface area contributed by atoms with Crippen LogP contribution in [0.25, 0.3) is 0 Å². The van der Waals surface area contributed by atoms with Gasteiger partial charge in [-0.25, -0.2) is 0 Å². The summed E-state index contributed by atoms with van der Waals surface area (Å²) >= 11 is 0. The predicted molar refractivity (Wildman–Crippen MR) is 61.5 cm³/mol. The first-order valence-electron chi connectivity index (χ1n) is 5.21. The fourth-order valence-electron chi connectivity index (χ4n) is 1.78. The lowest BCUT2D eigenvalue weighted by molar-refractivity contribution is -0.238. The van der Waals surface area contributed by atoms with Gasteiger partial charge >= 0.3 is 12.0 Å². The second kappa shape index (κ2) is 4.73. The number of ether oxygens (including phenoxy) is 4. The Morgan fingerprint density at radius 1 is 1.12 bits per heavy atom. The molecule has 5 heteroatoms. The van der Waals surface area contributed by atoms with E-state index >= 15 is 0 Å². The first-order valence-corrected chi connectivity index (χ1v) is 5.21. The topological polar surface area (TPSA) is 49.3 Å². The predicted octanol–water partition coefficient (Wildman–Crippen LogP) is 1.71. The summed E-state index contributed by atoms with van der Waals surface area (Å²) in [4.78, 5) is 4.16. The molecule has 0 aliphatic carbocycles. The summed E-state index contributed by atoms with van der Waals surface area (Å²) < 4.78 is 21.2. The summed E-state index contributed by atoms with van der Waals surface area (Å²) in [5.41, 5.74) is 0.909. The van der Waals surface area contributed by atoms with Crippen molar-refractivity contribution in [1.82, 2.24) is 0 Å². The quantitative estimate of drug-likeness (QED) is 0.751. The number of aliphatic imine (C=N–C) groups is 1. The summed E-state index contributed by atoms with van der Waals surface area (Å²) in [5.74, 6) is -1.19. The van der Waals surface area contributed by atoms with Gasteiger partial charge in [-0.1, -0.05) is 30.3 Å². The standard InChI is InChI=1S/C12H15NO4/c1-14-11-13-12(15-2,16-3)10(17-11)9-7-5-4-6-8-9/h4-8,10H,1-3H3. The zero-order valence-corrected chi connectivity index (χ0v) is 10.0. The van der Waals surface area contributed by atoms with Crippen LogP contribution in [0.3, 0.4) is 0 Å². The fourth-order valence-corrected chi connectivity index (χ4v) is 1.78. The Bertz CT molecular complexity index is 400. The molecule has 0 spiro atoms. The van der Waals surface area contributed by atoms with E-state index in [9.17, 15) is 0 Å². The molecule has 0 saturated carbocycles. The van der Waals surface area contributed by atoms with Crippen molar-refractivity contribution in [1.29, 1.82) is 0 Å². The molecule has 5 nitrogen and oxygen atoms in total. The Morgan fingerprint density at radius 2 is 1.76 bits per heavy atom. The van der Waals surface area contributed by atoms with Gasteiger partial charge in [0.1, 0.15) is 0 Å². The number of nitrogens with zero attached hydrogens (tertiary/aromatic N) is 1. The van der Waals surface area contributed by atoms with Crippen LogP contribution in [0, 0.1) is 0 Å². The molecule has 1 aromatic rings. The Morgan fingerprint density at radius 3 is 2.29 bits per heavy atom. The molecule has 2 rings (SSSR count). The van der Waals surface area contributed by atoms with Crippen LogP contribution in [-0.2, 0) is 18.9 Å². The van der Waals surface area contributed by atoms with Crippen molar-refractivity contribution in [3.63, 3.8) is 0 Å². The SMILES string of the molecule is COC1=NC(OC)(OC)C(c2ccccc2)O1. The van der Waals surface area contributed by atoms with E-state index in [0.717, 1.165) is 5.56 Å². The van der Waals surface area contributed by atoms with Crippen LogP contribution in [0.2, 0.25) is 0 Å². The number of rotatable bonds is 3. The van der Waals surface area contributed by atoms with Gasteiger partial charge in [0.15, 0.2) is 0 Å². The van der Waals surface area contributed by atoms with Gasteiger partial charge in [0.2, 0.25) is 6.10 Å². The Hall–Kier alpha value is -1.59. The van der Waals surface area contributed by atoms with E-state index in [4.69, 9.17) is 18.9 Å². The van der Waals surface area contributed by atoms with Crippen LogP contribution in [0.4, 0.5) is 0 Å². The maximum Gasteiger partial charge on any atom is 0.389 e. The first kappa shape index (κ1) is 11.9. The number of methoxy groups -OCH3 is 3. The second-order valence-electron chi connectivity index (χ2n) is 3.53. The zero-order valence-electron chi connectivity index (χ0n) is 10.0. The van der Waals surface area contributed by atoms with E-state index < -0.39 is 12.0 Å². The molecule has 0 bridgehead atoms. The first-order chi connectivity index (χ1) is 8.25. The molecule has 1 atom stereocenters. The lowest BCUT2D eigenvalue weighted by Gasteiger charge is -2.27. The third kappa shape index (κ3) is 1.99. The molecule has 0 saturated heterocycles. The molecule has 0 aromatic heterocycles. The van der Waals surface area contributed by atoms with Crippen molar-refractivity contribution < 1.29 is 18.9 Å². The monoisotopic (exact) mass is 237 g/mol. The molecule has 1 aromatic carbocycles. The minimum Gasteiger partial charge on any atom is -0.454 e. The third-order valence-corrected chi connectivity index (χ3v) is 2.66. The number of hydrogen-bond acceptors (Lipinski definition) is 5. The largest absolute Gasteiger partial charge is 0.454 e. The van der Waals surface area contributed by atoms with Gasteiger partial charge in [0.05, 0.1) is 7.11 Å². The Labute approximate surface area is 100.0 Å². The molecular weight excluding hydrogens is 222 g/mol. The van der Waals surface area contributed by atoms with Crippen molar-refractivity contribution in [3.8, 4) is 0 Å². The highest BCUT2D eigenvalue weighted by Crippen LogP contribution is 2.39. The van der Waals surface area contributed by atoms with Gasteiger partial charge in [0, 0.05) is 19.8 Å². The number of hydrogen-bond donors (Lipinski definition) is 0. The van der Waals surface area contributed by atoms with Crippen LogP contribution in [-0.4, -0.2) is 33.3 Å². The summed E-state index contributed by atoms with van der Waals surface area (Å²) in [6.45, 7) is 0. The molecule has 0 fully saturated rings. The molecule has 0 amide bonds. The minimum atomic E-state index is -1.19. The second-order valence-corrected chi connectivity index (χ2v) is 3.53. The summed E-state index contributed by atoms with van der Waals surface area (Å²) in [5, 5.41) is 0. The summed E-state index contributed by atoms with van der Waals surface area (Å²) in [7, 11) is 4.53. The van der Waals surface area contributed by atoms with Crippen LogP contribution in [0.1, 0.15) is 11.7 Å². The van der Waals surface area contributed by atoms with E-state index in [2.05, 4.69) is 4.99 Å². The van der Waals surface area contributed by atoms with Gasteiger partial charge in [0.25, 0.3) is 0 Å². The lowest BCUT2D eigenvalue weighted by Crippen LogP contribution is -2.36. The van der Waals surface area contributed by atoms with E-state index in [1.165, 1.54) is 21.3 Å². The zero-order chi connectivity index (χ0) is 12.3. The molecule has 17 heavy (non-hydrogen) atoms. The highest BCUT2D eigenvalue weighted by Gasteiger charge is 2.49. The summed E-state index contributed by atoms with van der Waals surface area (Å²) in [6.07, 6.45) is -0.323. The molecule has 1 aliphatic rings. The van der Waals surface area contributed by atoms with E-state index in [0.29, 0.717) is 0 Å². The maximum atomic E-state index is 5.57. The van der Waals surface area contributed by atoms with E-state index in [1.54, 1.807) is 0 Å². The Kier molecular flexibility index (Phi) is 3.31. The van der Waals surface area contributed by atoms with E-state index in [1.807, 2.05) is 30.3 Å². The molecule has 92 valence electrons. The molecule has 0 radical (unpaired) electrons. The molecule has 0 N–H and O–H groups in total. The van der Waals surface area contributed by atoms with Gasteiger partial charge in [-0.2, -0.15) is 0 Å². The van der Waals surface area contributed by atoms with Crippen molar-refractivity contribution in [3.05, 3.63) is 35.9 Å². The van der Waals surface area contributed by atoms with Gasteiger partial charge in [-0.15, -0.1) is 4.99 Å². The smallest absolute Gasteiger partial charge is 0.389 e. The van der Waals surface area contributed by atoms with Crippen molar-refractivity contribution in [2.24, 2.45) is 4.99 Å². The third-order valence-electron chi connectivity index (χ3n) is 2.66. The van der Waals surface area contributed by atoms with Gasteiger partial charge in [-0.3, -0.25) is 0 Å². The summed E-state index contributed by atoms with van der Waals surface area (Å²) in [6, 6.07) is 9.61. The van der Waals surface area contributed by atoms with Crippen LogP contribution >= 0.6 is 0 Å². The van der Waals surface area contributed by atoms with Crippen LogP contribution in [0.5, 0.6) is 0 Å². The average molecular weight is 237 g/mol. The molecule has 1 unspecified atom stereocenters. The van der Waals surface area contributed by atoms with Gasteiger partial charge in [-0.05, 0) is 0 Å². The fraction of sp³-hybridized carbons (Fsp3) is 0.417. The van der Waals surface area contributed by atoms with Crippen molar-refractivity contribution >= 4 is 6.08 Å². The Balaban J connectivity index is 2.35. The van der Waals surface area contributed by atoms with Crippen LogP contribution < -0.4 is 0 Å². The number of benzene rings is 1. The van der Waals surface area contributed by atoms with Gasteiger partial charge < -0.3 is 18.9 Å². The average Bonchev–Trinajstić information content (AvgIpc) is 2.79. The van der Waals surface area contributed by atoms with Crippen LogP contribution in [0.15, 0.2) is 35.3 Å². The highest BCUT2D eigenvalue weighted by molar-refractivity contribution is 5.69. The van der Waals surface area contributed by atoms with Crippen molar-refractivity contribution in [2.45, 2.75) is 12.0 Å². The lowest BCUT2D eigenvalue weighted by atomic mass is 10.1. The van der Waals surface area contributed by atoms with Crippen molar-refractivity contribution in [2.75, 3.05) is 21.3 Å². The molecule has 1 heterocycles. The maximum absolute atomic E-state index is 5.57. The highest BCUT2D eigenvalue weighted by atomic mass is 16.8. The van der Waals surface area contributed by atoms with E-state index in [-0.39, 0.29) is 6.08 Å². The minimum absolute atomic E-state index is 0.155. The molecule has 1 aliphatic heterocycles.